The number of hydrogen-bond donors (Lipinski definition) is 2. The zero-order valence-electron chi connectivity index (χ0n) is 17.1. The summed E-state index contributed by atoms with van der Waals surface area (Å²) in [5.41, 5.74) is 1.04. The van der Waals surface area contributed by atoms with E-state index in [4.69, 9.17) is 0 Å². The van der Waals surface area contributed by atoms with Gasteiger partial charge in [-0.1, -0.05) is 43.4 Å². The van der Waals surface area contributed by atoms with E-state index in [1.807, 2.05) is 26.0 Å². The van der Waals surface area contributed by atoms with E-state index < -0.39 is 10.0 Å². The summed E-state index contributed by atoms with van der Waals surface area (Å²) in [7, 11) is -3.46. The maximum atomic E-state index is 12.8. The first-order valence-electron chi connectivity index (χ1n) is 10.6. The van der Waals surface area contributed by atoms with Gasteiger partial charge in [0.2, 0.25) is 10.0 Å². The molecule has 2 aliphatic rings. The molecule has 2 N–H and O–H groups in total. The highest BCUT2D eigenvalue weighted by atomic mass is 32.2. The molecule has 1 aliphatic heterocycles. The van der Waals surface area contributed by atoms with Crippen molar-refractivity contribution in [3.8, 4) is 0 Å². The topological polar surface area (TPSA) is 70.9 Å². The third kappa shape index (κ3) is 5.13. The van der Waals surface area contributed by atoms with Crippen LogP contribution in [0.2, 0.25) is 0 Å². The predicted molar refractivity (Wildman–Crippen MR) is 110 cm³/mol. The van der Waals surface area contributed by atoms with Gasteiger partial charge in [-0.15, -0.1) is 0 Å². The van der Waals surface area contributed by atoms with Crippen molar-refractivity contribution in [2.24, 2.45) is 0 Å². The van der Waals surface area contributed by atoms with Crippen molar-refractivity contribution in [3.05, 3.63) is 29.8 Å². The van der Waals surface area contributed by atoms with Crippen LogP contribution in [-0.4, -0.2) is 56.9 Å². The molecule has 1 atom stereocenters. The standard InChI is InChI=1S/C21H33N3O3S/c1-17-9-11-20(12-10-17)28(26,27)24-15-13-23(14-16-24)18(2)21(25)22-19-7-5-3-4-6-8-19/h9-12,18-19H,3-8,13-16H2,1-2H3,(H,22,25)/p+1/t18-/m0/s1. The molecule has 1 aliphatic carbocycles. The molecule has 1 aromatic rings. The number of piperazine rings is 1. The van der Waals surface area contributed by atoms with Crippen molar-refractivity contribution >= 4 is 15.9 Å². The molecule has 1 aromatic carbocycles. The number of aryl methyl sites for hydroxylation is 1. The lowest BCUT2D eigenvalue weighted by Gasteiger charge is -2.34. The van der Waals surface area contributed by atoms with E-state index in [9.17, 15) is 13.2 Å². The number of quaternary nitrogens is 1. The van der Waals surface area contributed by atoms with Gasteiger partial charge in [-0.25, -0.2) is 8.42 Å². The third-order valence-electron chi connectivity index (χ3n) is 6.23. The molecule has 3 rings (SSSR count). The number of hydrogen-bond acceptors (Lipinski definition) is 3. The molecule has 28 heavy (non-hydrogen) atoms. The molecule has 156 valence electrons. The number of carbonyl (C=O) groups is 1. The summed E-state index contributed by atoms with van der Waals surface area (Å²) in [5, 5.41) is 3.24. The maximum Gasteiger partial charge on any atom is 0.278 e. The minimum atomic E-state index is -3.46. The normalized spacial score (nSPS) is 21.8. The van der Waals surface area contributed by atoms with E-state index in [1.165, 1.54) is 30.6 Å². The fraction of sp³-hybridized carbons (Fsp3) is 0.667. The Balaban J connectivity index is 1.53. The lowest BCUT2D eigenvalue weighted by Crippen LogP contribution is -3.19. The quantitative estimate of drug-likeness (QED) is 0.717. The van der Waals surface area contributed by atoms with Gasteiger partial charge in [0.05, 0.1) is 31.1 Å². The van der Waals surface area contributed by atoms with Crippen LogP contribution in [0.25, 0.3) is 0 Å². The number of amides is 1. The molecule has 1 heterocycles. The molecule has 1 saturated heterocycles. The van der Waals surface area contributed by atoms with Gasteiger partial charge in [0, 0.05) is 6.04 Å². The van der Waals surface area contributed by atoms with Crippen LogP contribution in [0, 0.1) is 6.92 Å². The fourth-order valence-electron chi connectivity index (χ4n) is 4.24. The van der Waals surface area contributed by atoms with E-state index in [2.05, 4.69) is 5.32 Å². The lowest BCUT2D eigenvalue weighted by atomic mass is 10.1. The van der Waals surface area contributed by atoms with Crippen LogP contribution in [0.5, 0.6) is 0 Å². The van der Waals surface area contributed by atoms with Crippen LogP contribution >= 0.6 is 0 Å². The van der Waals surface area contributed by atoms with Gasteiger partial charge in [0.1, 0.15) is 0 Å². The summed E-state index contributed by atoms with van der Waals surface area (Å²) in [6.07, 6.45) is 7.09. The second kappa shape index (κ2) is 9.37. The molecule has 0 spiro atoms. The van der Waals surface area contributed by atoms with Gasteiger partial charge in [0.25, 0.3) is 5.91 Å². The Morgan fingerprint density at radius 1 is 1.07 bits per heavy atom. The lowest BCUT2D eigenvalue weighted by molar-refractivity contribution is -0.917. The zero-order valence-corrected chi connectivity index (χ0v) is 17.9. The number of rotatable bonds is 5. The van der Waals surface area contributed by atoms with Crippen LogP contribution in [0.15, 0.2) is 29.2 Å². The van der Waals surface area contributed by atoms with Gasteiger partial charge in [-0.2, -0.15) is 4.31 Å². The molecule has 0 aromatic heterocycles. The van der Waals surface area contributed by atoms with E-state index in [-0.39, 0.29) is 11.9 Å². The van der Waals surface area contributed by atoms with Gasteiger partial charge < -0.3 is 10.2 Å². The molecule has 0 unspecified atom stereocenters. The molecule has 1 amide bonds. The zero-order chi connectivity index (χ0) is 20.1. The summed E-state index contributed by atoms with van der Waals surface area (Å²) in [6.45, 7) is 6.12. The average Bonchev–Trinajstić information content (AvgIpc) is 2.96. The molecule has 7 heteroatoms. The second-order valence-electron chi connectivity index (χ2n) is 8.29. The van der Waals surface area contributed by atoms with Crippen molar-refractivity contribution in [2.75, 3.05) is 26.2 Å². The first kappa shape index (κ1) is 21.3. The van der Waals surface area contributed by atoms with Crippen LogP contribution in [-0.2, 0) is 14.8 Å². The highest BCUT2D eigenvalue weighted by Crippen LogP contribution is 2.18. The van der Waals surface area contributed by atoms with Gasteiger partial charge >= 0.3 is 0 Å². The Morgan fingerprint density at radius 3 is 2.21 bits per heavy atom. The van der Waals surface area contributed by atoms with E-state index in [1.54, 1.807) is 16.4 Å². The van der Waals surface area contributed by atoms with Crippen LogP contribution in [0.1, 0.15) is 51.0 Å². The highest BCUT2D eigenvalue weighted by Gasteiger charge is 2.34. The highest BCUT2D eigenvalue weighted by molar-refractivity contribution is 7.89. The van der Waals surface area contributed by atoms with Crippen LogP contribution in [0.3, 0.4) is 0 Å². The van der Waals surface area contributed by atoms with Crippen LogP contribution < -0.4 is 10.2 Å². The average molecular weight is 409 g/mol. The molecule has 1 saturated carbocycles. The van der Waals surface area contributed by atoms with E-state index >= 15 is 0 Å². The Hall–Kier alpha value is -1.44. The summed E-state index contributed by atoms with van der Waals surface area (Å²) in [5.74, 6) is 0.108. The fourth-order valence-corrected chi connectivity index (χ4v) is 5.68. The smallest absolute Gasteiger partial charge is 0.278 e. The number of nitrogens with zero attached hydrogens (tertiary/aromatic N) is 1. The maximum absolute atomic E-state index is 12.8. The number of nitrogens with one attached hydrogen (secondary N) is 2. The molecule has 2 fully saturated rings. The van der Waals surface area contributed by atoms with E-state index in [0.29, 0.717) is 37.1 Å². The summed E-state index contributed by atoms with van der Waals surface area (Å²) >= 11 is 0. The largest absolute Gasteiger partial charge is 0.348 e. The SMILES string of the molecule is Cc1ccc(S(=O)(=O)N2CC[NH+]([C@@H](C)C(=O)NC3CCCCCC3)CC2)cc1. The van der Waals surface area contributed by atoms with E-state index in [0.717, 1.165) is 18.4 Å². The Bertz CT molecular complexity index is 748. The summed E-state index contributed by atoms with van der Waals surface area (Å²) in [4.78, 5) is 14.2. The van der Waals surface area contributed by atoms with Crippen molar-refractivity contribution < 1.29 is 18.1 Å². The van der Waals surface area contributed by atoms with Crippen molar-refractivity contribution in [1.29, 1.82) is 0 Å². The summed E-state index contributed by atoms with van der Waals surface area (Å²) in [6, 6.07) is 7.16. The van der Waals surface area contributed by atoms with Crippen molar-refractivity contribution in [3.63, 3.8) is 0 Å². The summed E-state index contributed by atoms with van der Waals surface area (Å²) < 4.78 is 27.2. The molecule has 6 nitrogen and oxygen atoms in total. The minimum Gasteiger partial charge on any atom is -0.348 e. The Labute approximate surface area is 169 Å². The van der Waals surface area contributed by atoms with Gasteiger partial charge in [0.15, 0.2) is 6.04 Å². The predicted octanol–water partition coefficient (Wildman–Crippen LogP) is 1.11. The number of carbonyl (C=O) groups excluding carboxylic acids is 1. The number of benzene rings is 1. The van der Waals surface area contributed by atoms with Gasteiger partial charge in [-0.3, -0.25) is 4.79 Å². The molecular weight excluding hydrogens is 374 g/mol. The molecular formula is C21H34N3O3S+. The van der Waals surface area contributed by atoms with Crippen LogP contribution in [0.4, 0.5) is 0 Å². The van der Waals surface area contributed by atoms with Gasteiger partial charge in [-0.05, 0) is 38.8 Å². The Morgan fingerprint density at radius 2 is 1.64 bits per heavy atom. The van der Waals surface area contributed by atoms with Crippen molar-refractivity contribution in [2.45, 2.75) is 69.4 Å². The third-order valence-corrected chi connectivity index (χ3v) is 8.14. The first-order valence-corrected chi connectivity index (χ1v) is 12.0. The second-order valence-corrected chi connectivity index (χ2v) is 10.2. The van der Waals surface area contributed by atoms with Crippen molar-refractivity contribution in [1.82, 2.24) is 9.62 Å². The Kier molecular flexibility index (Phi) is 7.12. The minimum absolute atomic E-state index is 0.108. The monoisotopic (exact) mass is 408 g/mol. The first-order chi connectivity index (χ1) is 13.4. The molecule has 0 radical (unpaired) electrons. The number of sulfonamides is 1. The molecule has 0 bridgehead atoms.